The molecule has 28 heavy (non-hydrogen) atoms. The molecule has 0 heterocycles. The van der Waals surface area contributed by atoms with Crippen LogP contribution in [0.5, 0.6) is 0 Å². The first-order valence-electron chi connectivity index (χ1n) is 10.2. The molecule has 0 spiro atoms. The fraction of sp³-hybridized carbons (Fsp3) is 0.895. The number of carbonyl (C=O) groups excluding carboxylic acids is 2. The number of carbonyl (C=O) groups is 2. The van der Waals surface area contributed by atoms with Crippen molar-refractivity contribution >= 4 is 22.3 Å². The highest BCUT2D eigenvalue weighted by Gasteiger charge is 2.21. The van der Waals surface area contributed by atoms with Crippen LogP contribution in [-0.4, -0.2) is 44.2 Å². The second-order valence-corrected chi connectivity index (χ2v) is 7.89. The minimum atomic E-state index is -4.76. The van der Waals surface area contributed by atoms with E-state index in [4.69, 9.17) is 14.0 Å². The highest BCUT2D eigenvalue weighted by Crippen LogP contribution is 2.09. The molecule has 0 radical (unpaired) electrons. The monoisotopic (exact) mass is 424 g/mol. The average molecular weight is 425 g/mol. The Morgan fingerprint density at radius 1 is 0.750 bits per heavy atom. The third-order valence-electron chi connectivity index (χ3n) is 4.09. The molecular weight excluding hydrogens is 388 g/mol. The van der Waals surface area contributed by atoms with Gasteiger partial charge in [-0.05, 0) is 12.8 Å². The Balaban J connectivity index is 4.18. The lowest BCUT2D eigenvalue weighted by Gasteiger charge is -2.16. The lowest BCUT2D eigenvalue weighted by molar-refractivity contribution is -0.151. The van der Waals surface area contributed by atoms with E-state index in [0.717, 1.165) is 51.4 Å². The average Bonchev–Trinajstić information content (AvgIpc) is 2.62. The van der Waals surface area contributed by atoms with E-state index in [1.165, 1.54) is 0 Å². The van der Waals surface area contributed by atoms with Crippen molar-refractivity contribution in [2.75, 3.05) is 13.2 Å². The van der Waals surface area contributed by atoms with Gasteiger partial charge in [0.25, 0.3) is 0 Å². The number of hydrogen-bond acceptors (Lipinski definition) is 7. The summed E-state index contributed by atoms with van der Waals surface area (Å²) >= 11 is 0. The number of hydrogen-bond donors (Lipinski definition) is 1. The van der Waals surface area contributed by atoms with Gasteiger partial charge in [0.1, 0.15) is 19.3 Å². The molecule has 0 aliphatic carbocycles. The Bertz CT molecular complexity index is 488. The molecule has 0 saturated carbocycles. The zero-order chi connectivity index (χ0) is 21.3. The Kier molecular flexibility index (Phi) is 16.0. The van der Waals surface area contributed by atoms with Crippen LogP contribution in [0.4, 0.5) is 0 Å². The van der Waals surface area contributed by atoms with E-state index in [2.05, 4.69) is 18.0 Å². The summed E-state index contributed by atoms with van der Waals surface area (Å²) in [6.07, 6.45) is 8.93. The standard InChI is InChI=1S/C19H36O8S/c1-3-5-7-9-11-13-18(20)25-15-17(27-28(22,23)24)16-26-19(21)14-12-10-8-6-4-2/h17H,3-16H2,1-2H3,(H,22,23,24). The fourth-order valence-electron chi connectivity index (χ4n) is 2.54. The van der Waals surface area contributed by atoms with Gasteiger partial charge >= 0.3 is 22.3 Å². The van der Waals surface area contributed by atoms with Crippen LogP contribution < -0.4 is 0 Å². The van der Waals surface area contributed by atoms with Crippen LogP contribution in [0.1, 0.15) is 90.9 Å². The largest absolute Gasteiger partial charge is 0.463 e. The van der Waals surface area contributed by atoms with E-state index in [1.54, 1.807) is 0 Å². The van der Waals surface area contributed by atoms with Crippen LogP contribution in [-0.2, 0) is 33.6 Å². The van der Waals surface area contributed by atoms with Gasteiger partial charge in [-0.2, -0.15) is 8.42 Å². The molecule has 0 aromatic carbocycles. The van der Waals surface area contributed by atoms with Crippen molar-refractivity contribution in [1.29, 1.82) is 0 Å². The van der Waals surface area contributed by atoms with E-state index < -0.39 is 41.7 Å². The van der Waals surface area contributed by atoms with Gasteiger partial charge in [0.05, 0.1) is 0 Å². The molecule has 0 unspecified atom stereocenters. The van der Waals surface area contributed by atoms with E-state index in [1.807, 2.05) is 0 Å². The van der Waals surface area contributed by atoms with Crippen molar-refractivity contribution < 1.29 is 36.2 Å². The smallest absolute Gasteiger partial charge is 0.397 e. The molecule has 0 aliphatic heterocycles. The Labute approximate surface area is 169 Å². The topological polar surface area (TPSA) is 116 Å². The molecular formula is C19H36O8S. The summed E-state index contributed by atoms with van der Waals surface area (Å²) in [4.78, 5) is 23.4. The number of esters is 2. The first-order chi connectivity index (χ1) is 13.3. The van der Waals surface area contributed by atoms with Crippen LogP contribution in [0.2, 0.25) is 0 Å². The molecule has 166 valence electrons. The summed E-state index contributed by atoms with van der Waals surface area (Å²) in [6, 6.07) is 0. The van der Waals surface area contributed by atoms with Crippen molar-refractivity contribution in [2.45, 2.75) is 97.0 Å². The van der Waals surface area contributed by atoms with Gasteiger partial charge in [0, 0.05) is 12.8 Å². The number of rotatable bonds is 18. The van der Waals surface area contributed by atoms with E-state index in [9.17, 15) is 18.0 Å². The summed E-state index contributed by atoms with van der Waals surface area (Å²) in [6.45, 7) is 3.36. The molecule has 1 N–H and O–H groups in total. The van der Waals surface area contributed by atoms with Gasteiger partial charge in [0.15, 0.2) is 0 Å². The molecule has 0 aliphatic rings. The predicted molar refractivity (Wildman–Crippen MR) is 105 cm³/mol. The molecule has 9 heteroatoms. The number of unbranched alkanes of at least 4 members (excludes halogenated alkanes) is 8. The summed E-state index contributed by atoms with van der Waals surface area (Å²) in [5, 5.41) is 0. The molecule has 8 nitrogen and oxygen atoms in total. The van der Waals surface area contributed by atoms with Crippen molar-refractivity contribution in [3.63, 3.8) is 0 Å². The minimum Gasteiger partial charge on any atom is -0.463 e. The summed E-state index contributed by atoms with van der Waals surface area (Å²) < 4.78 is 45.1. The second-order valence-electron chi connectivity index (χ2n) is 6.84. The van der Waals surface area contributed by atoms with Crippen molar-refractivity contribution in [2.24, 2.45) is 0 Å². The highest BCUT2D eigenvalue weighted by atomic mass is 32.3. The van der Waals surface area contributed by atoms with E-state index in [0.29, 0.717) is 12.8 Å². The Hall–Kier alpha value is -1.19. The third-order valence-corrected chi connectivity index (χ3v) is 4.60. The SMILES string of the molecule is CCCCCCCC(=O)OCC(COC(=O)CCCCCCC)OS(=O)(=O)O. The summed E-state index contributed by atoms with van der Waals surface area (Å²) in [5.74, 6) is -0.967. The van der Waals surface area contributed by atoms with Crippen LogP contribution in [0.3, 0.4) is 0 Å². The molecule has 0 amide bonds. The third kappa shape index (κ3) is 18.2. The van der Waals surface area contributed by atoms with Crippen LogP contribution in [0.25, 0.3) is 0 Å². The maximum Gasteiger partial charge on any atom is 0.397 e. The van der Waals surface area contributed by atoms with Crippen LogP contribution >= 0.6 is 0 Å². The summed E-state index contributed by atoms with van der Waals surface area (Å²) in [7, 11) is -4.76. The first kappa shape index (κ1) is 26.8. The zero-order valence-corrected chi connectivity index (χ0v) is 18.0. The molecule has 0 fully saturated rings. The Morgan fingerprint density at radius 3 is 1.50 bits per heavy atom. The molecule has 0 bridgehead atoms. The molecule has 0 rings (SSSR count). The van der Waals surface area contributed by atoms with Crippen LogP contribution in [0.15, 0.2) is 0 Å². The lowest BCUT2D eigenvalue weighted by atomic mass is 10.1. The van der Waals surface area contributed by atoms with Crippen LogP contribution in [0, 0.1) is 0 Å². The van der Waals surface area contributed by atoms with Crippen molar-refractivity contribution in [3.05, 3.63) is 0 Å². The maximum atomic E-state index is 11.7. The van der Waals surface area contributed by atoms with Gasteiger partial charge in [-0.1, -0.05) is 65.2 Å². The molecule has 0 aromatic rings. The summed E-state index contributed by atoms with van der Waals surface area (Å²) in [5.41, 5.74) is 0. The van der Waals surface area contributed by atoms with Gasteiger partial charge in [-0.25, -0.2) is 4.18 Å². The van der Waals surface area contributed by atoms with Gasteiger partial charge in [-0.15, -0.1) is 0 Å². The highest BCUT2D eigenvalue weighted by molar-refractivity contribution is 7.80. The maximum absolute atomic E-state index is 11.7. The van der Waals surface area contributed by atoms with Gasteiger partial charge in [0.2, 0.25) is 0 Å². The first-order valence-corrected chi connectivity index (χ1v) is 11.6. The van der Waals surface area contributed by atoms with E-state index >= 15 is 0 Å². The fourth-order valence-corrected chi connectivity index (χ4v) is 2.99. The van der Waals surface area contributed by atoms with Gasteiger partial charge < -0.3 is 9.47 Å². The minimum absolute atomic E-state index is 0.222. The predicted octanol–water partition coefficient (Wildman–Crippen LogP) is 3.98. The van der Waals surface area contributed by atoms with E-state index in [-0.39, 0.29) is 12.8 Å². The zero-order valence-electron chi connectivity index (χ0n) is 17.2. The lowest BCUT2D eigenvalue weighted by Crippen LogP contribution is -2.30. The quantitative estimate of drug-likeness (QED) is 0.199. The molecule has 0 saturated heterocycles. The second kappa shape index (κ2) is 16.7. The number of ether oxygens (including phenoxy) is 2. The normalized spacial score (nSPS) is 11.6. The van der Waals surface area contributed by atoms with Crippen molar-refractivity contribution in [3.8, 4) is 0 Å². The van der Waals surface area contributed by atoms with Gasteiger partial charge in [-0.3, -0.25) is 14.1 Å². The molecule has 0 atom stereocenters. The Morgan fingerprint density at radius 2 is 1.14 bits per heavy atom. The van der Waals surface area contributed by atoms with Crippen molar-refractivity contribution in [1.82, 2.24) is 0 Å². The molecule has 0 aromatic heterocycles.